The Balaban J connectivity index is 1.64. The van der Waals surface area contributed by atoms with Gasteiger partial charge in [-0.1, -0.05) is 43.5 Å². The predicted molar refractivity (Wildman–Crippen MR) is 106 cm³/mol. The number of nitrogens with zero attached hydrogens (tertiary/aromatic N) is 1. The van der Waals surface area contributed by atoms with Crippen LogP contribution in [0.5, 0.6) is 0 Å². The fourth-order valence-corrected chi connectivity index (χ4v) is 3.64. The van der Waals surface area contributed by atoms with Crippen LogP contribution in [0.15, 0.2) is 48.5 Å². The van der Waals surface area contributed by atoms with E-state index in [1.54, 1.807) is 41.3 Å². The summed E-state index contributed by atoms with van der Waals surface area (Å²) in [5, 5.41) is 9.08. The smallest absolute Gasteiger partial charge is 0.338 e. The highest BCUT2D eigenvalue weighted by Crippen LogP contribution is 2.24. The zero-order chi connectivity index (χ0) is 20.6. The summed E-state index contributed by atoms with van der Waals surface area (Å²) in [6.07, 6.45) is 5.13. The van der Waals surface area contributed by atoms with Crippen LogP contribution in [0.3, 0.4) is 0 Å². The van der Waals surface area contributed by atoms with Gasteiger partial charge in [0.2, 0.25) is 0 Å². The number of amides is 1. The zero-order valence-corrected chi connectivity index (χ0v) is 16.4. The van der Waals surface area contributed by atoms with E-state index >= 15 is 0 Å². The molecule has 1 amide bonds. The topological polar surface area (TPSA) is 66.8 Å². The number of esters is 1. The Morgan fingerprint density at radius 2 is 1.59 bits per heavy atom. The highest BCUT2D eigenvalue weighted by Gasteiger charge is 2.26. The van der Waals surface area contributed by atoms with Gasteiger partial charge in [-0.3, -0.25) is 4.79 Å². The standard InChI is InChI=1S/C23H26FNO4/c24-20-12-8-17(9-13-20)14-25(21-4-2-1-3-5-21)22(27)16-29-23(28)19-10-6-18(15-26)7-11-19/h6-13,21,26H,1-5,14-16H2. The number of carbonyl (C=O) groups excluding carboxylic acids is 2. The average molecular weight is 399 g/mol. The molecular formula is C23H26FNO4. The van der Waals surface area contributed by atoms with Crippen LogP contribution in [0.4, 0.5) is 4.39 Å². The molecule has 1 N–H and O–H groups in total. The van der Waals surface area contributed by atoms with Crippen molar-refractivity contribution in [2.45, 2.75) is 51.3 Å². The third-order valence-electron chi connectivity index (χ3n) is 5.30. The van der Waals surface area contributed by atoms with Crippen molar-refractivity contribution in [2.24, 2.45) is 0 Å². The Kier molecular flexibility index (Phi) is 7.36. The molecule has 1 aliphatic carbocycles. The summed E-state index contributed by atoms with van der Waals surface area (Å²) < 4.78 is 18.4. The van der Waals surface area contributed by atoms with E-state index in [1.807, 2.05) is 0 Å². The van der Waals surface area contributed by atoms with Crippen LogP contribution in [0.25, 0.3) is 0 Å². The largest absolute Gasteiger partial charge is 0.452 e. The molecule has 0 aromatic heterocycles. The third kappa shape index (κ3) is 5.87. The van der Waals surface area contributed by atoms with E-state index < -0.39 is 5.97 Å². The molecule has 29 heavy (non-hydrogen) atoms. The maximum Gasteiger partial charge on any atom is 0.338 e. The second kappa shape index (κ2) is 10.2. The van der Waals surface area contributed by atoms with Gasteiger partial charge < -0.3 is 14.7 Å². The van der Waals surface area contributed by atoms with E-state index in [1.165, 1.54) is 12.1 Å². The van der Waals surface area contributed by atoms with Crippen LogP contribution < -0.4 is 0 Å². The number of rotatable bonds is 7. The molecule has 1 saturated carbocycles. The number of aliphatic hydroxyl groups is 1. The number of aliphatic hydroxyl groups excluding tert-OH is 1. The molecule has 5 nitrogen and oxygen atoms in total. The minimum absolute atomic E-state index is 0.101. The van der Waals surface area contributed by atoms with Gasteiger partial charge >= 0.3 is 5.97 Å². The van der Waals surface area contributed by atoms with Crippen molar-refractivity contribution in [3.05, 3.63) is 71.0 Å². The van der Waals surface area contributed by atoms with E-state index in [2.05, 4.69) is 0 Å². The van der Waals surface area contributed by atoms with Crippen molar-refractivity contribution in [1.82, 2.24) is 4.90 Å². The van der Waals surface area contributed by atoms with Gasteiger partial charge in [0.05, 0.1) is 12.2 Å². The van der Waals surface area contributed by atoms with Gasteiger partial charge in [0.1, 0.15) is 5.82 Å². The molecule has 6 heteroatoms. The van der Waals surface area contributed by atoms with Crippen LogP contribution in [0.2, 0.25) is 0 Å². The number of hydrogen-bond donors (Lipinski definition) is 1. The fourth-order valence-electron chi connectivity index (χ4n) is 3.64. The first-order valence-electron chi connectivity index (χ1n) is 9.97. The quantitative estimate of drug-likeness (QED) is 0.719. The molecule has 0 unspecified atom stereocenters. The van der Waals surface area contributed by atoms with Crippen molar-refractivity contribution < 1.29 is 23.8 Å². The monoisotopic (exact) mass is 399 g/mol. The highest BCUT2D eigenvalue weighted by atomic mass is 19.1. The van der Waals surface area contributed by atoms with Gasteiger partial charge in [-0.05, 0) is 48.2 Å². The van der Waals surface area contributed by atoms with Gasteiger partial charge in [-0.2, -0.15) is 0 Å². The summed E-state index contributed by atoms with van der Waals surface area (Å²) in [7, 11) is 0. The molecule has 0 spiro atoms. The lowest BCUT2D eigenvalue weighted by atomic mass is 9.93. The third-order valence-corrected chi connectivity index (χ3v) is 5.30. The van der Waals surface area contributed by atoms with Crippen molar-refractivity contribution in [3.8, 4) is 0 Å². The Labute approximate surface area is 170 Å². The number of hydrogen-bond acceptors (Lipinski definition) is 4. The van der Waals surface area contributed by atoms with Crippen LogP contribution in [-0.2, 0) is 22.7 Å². The summed E-state index contributed by atoms with van der Waals surface area (Å²) in [5.74, 6) is -1.14. The maximum atomic E-state index is 13.2. The first kappa shape index (κ1) is 21.0. The lowest BCUT2D eigenvalue weighted by Gasteiger charge is -2.34. The molecule has 154 valence electrons. The SMILES string of the molecule is O=C(OCC(=O)N(Cc1ccc(F)cc1)C1CCCCC1)c1ccc(CO)cc1. The second-order valence-electron chi connectivity index (χ2n) is 7.37. The van der Waals surface area contributed by atoms with Gasteiger partial charge in [-0.25, -0.2) is 9.18 Å². The molecule has 1 fully saturated rings. The Bertz CT molecular complexity index is 814. The highest BCUT2D eigenvalue weighted by molar-refractivity contribution is 5.91. The van der Waals surface area contributed by atoms with Crippen LogP contribution in [-0.4, -0.2) is 34.5 Å². The van der Waals surface area contributed by atoms with Crippen LogP contribution in [0, 0.1) is 5.82 Å². The summed E-state index contributed by atoms with van der Waals surface area (Å²) >= 11 is 0. The molecule has 2 aromatic rings. The summed E-state index contributed by atoms with van der Waals surface area (Å²) in [4.78, 5) is 26.9. The lowest BCUT2D eigenvalue weighted by molar-refractivity contribution is -0.138. The molecule has 0 aliphatic heterocycles. The van der Waals surface area contributed by atoms with Gasteiger partial charge in [0.15, 0.2) is 6.61 Å². The average Bonchev–Trinajstić information content (AvgIpc) is 2.77. The summed E-state index contributed by atoms with van der Waals surface area (Å²) in [5.41, 5.74) is 1.87. The minimum Gasteiger partial charge on any atom is -0.452 e. The molecule has 3 rings (SSSR count). The fraction of sp³-hybridized carbons (Fsp3) is 0.391. The maximum absolute atomic E-state index is 13.2. The molecule has 1 aliphatic rings. The minimum atomic E-state index is -0.576. The van der Waals surface area contributed by atoms with E-state index in [0.29, 0.717) is 17.7 Å². The Morgan fingerprint density at radius 1 is 0.966 bits per heavy atom. The lowest BCUT2D eigenvalue weighted by Crippen LogP contribution is -2.43. The number of ether oxygens (including phenoxy) is 1. The van der Waals surface area contributed by atoms with Crippen molar-refractivity contribution in [3.63, 3.8) is 0 Å². The molecule has 0 radical (unpaired) electrons. The normalized spacial score (nSPS) is 14.4. The molecular weight excluding hydrogens is 373 g/mol. The Morgan fingerprint density at radius 3 is 2.21 bits per heavy atom. The first-order valence-corrected chi connectivity index (χ1v) is 9.97. The molecule has 0 saturated heterocycles. The molecule has 0 atom stereocenters. The van der Waals surface area contributed by atoms with Gasteiger partial charge in [-0.15, -0.1) is 0 Å². The second-order valence-corrected chi connectivity index (χ2v) is 7.37. The van der Waals surface area contributed by atoms with Gasteiger partial charge in [0, 0.05) is 12.6 Å². The summed E-state index contributed by atoms with van der Waals surface area (Å²) in [6.45, 7) is -0.0711. The van der Waals surface area contributed by atoms with Crippen LogP contribution >= 0.6 is 0 Å². The predicted octanol–water partition coefficient (Wildman–Crippen LogP) is 3.84. The van der Waals surface area contributed by atoms with E-state index in [0.717, 1.165) is 37.7 Å². The summed E-state index contributed by atoms with van der Waals surface area (Å²) in [6, 6.07) is 12.6. The Hall–Kier alpha value is -2.73. The van der Waals surface area contributed by atoms with E-state index in [-0.39, 0.29) is 31.0 Å². The molecule has 0 bridgehead atoms. The van der Waals surface area contributed by atoms with Gasteiger partial charge in [0.25, 0.3) is 5.91 Å². The van der Waals surface area contributed by atoms with E-state index in [9.17, 15) is 14.0 Å². The molecule has 2 aromatic carbocycles. The van der Waals surface area contributed by atoms with E-state index in [4.69, 9.17) is 9.84 Å². The number of halogens is 1. The molecule has 0 heterocycles. The van der Waals surface area contributed by atoms with Crippen LogP contribution in [0.1, 0.15) is 53.6 Å². The number of benzene rings is 2. The number of carbonyl (C=O) groups is 2. The zero-order valence-electron chi connectivity index (χ0n) is 16.4. The first-order chi connectivity index (χ1) is 14.1. The van der Waals surface area contributed by atoms with Crippen molar-refractivity contribution >= 4 is 11.9 Å². The van der Waals surface area contributed by atoms with Crippen molar-refractivity contribution in [2.75, 3.05) is 6.61 Å². The van der Waals surface area contributed by atoms with Crippen molar-refractivity contribution in [1.29, 1.82) is 0 Å².